The molecule has 0 aromatic heterocycles. The summed E-state index contributed by atoms with van der Waals surface area (Å²) in [7, 11) is 0. The van der Waals surface area contributed by atoms with Crippen LogP contribution in [-0.4, -0.2) is 41.1 Å². The highest BCUT2D eigenvalue weighted by molar-refractivity contribution is 5.76. The number of likely N-dealkylation sites (tertiary alicyclic amines) is 1. The zero-order chi connectivity index (χ0) is 14.7. The van der Waals surface area contributed by atoms with Crippen molar-refractivity contribution in [2.24, 2.45) is 17.8 Å². The Morgan fingerprint density at radius 1 is 1.15 bits per heavy atom. The van der Waals surface area contributed by atoms with Crippen molar-refractivity contribution >= 4 is 12.0 Å². The van der Waals surface area contributed by atoms with Gasteiger partial charge in [-0.3, -0.25) is 4.79 Å². The van der Waals surface area contributed by atoms with Crippen LogP contribution >= 0.6 is 0 Å². The van der Waals surface area contributed by atoms with Crippen LogP contribution in [0, 0.1) is 17.8 Å². The maximum absolute atomic E-state index is 12.3. The maximum Gasteiger partial charge on any atom is 0.317 e. The van der Waals surface area contributed by atoms with Gasteiger partial charge in [0, 0.05) is 19.1 Å². The molecule has 0 aromatic rings. The summed E-state index contributed by atoms with van der Waals surface area (Å²) in [4.78, 5) is 25.0. The number of carboxylic acid groups (broad SMARTS) is 1. The molecule has 2 aliphatic rings. The van der Waals surface area contributed by atoms with Crippen LogP contribution in [0.15, 0.2) is 0 Å². The highest BCUT2D eigenvalue weighted by Crippen LogP contribution is 2.28. The first kappa shape index (κ1) is 15.1. The number of carbonyl (C=O) groups excluding carboxylic acids is 1. The normalized spacial score (nSPS) is 34.6. The minimum atomic E-state index is -0.789. The molecule has 0 bridgehead atoms. The lowest BCUT2D eigenvalue weighted by molar-refractivity contribution is -0.143. The summed E-state index contributed by atoms with van der Waals surface area (Å²) in [6, 6.07) is 0.161. The van der Waals surface area contributed by atoms with E-state index < -0.39 is 11.9 Å². The molecular formula is C15H26N2O3. The largest absolute Gasteiger partial charge is 0.481 e. The quantitative estimate of drug-likeness (QED) is 0.816. The SMILES string of the molecule is CC1CC(C)CC(NC(=O)N2CCC[C@H](C(=O)O)C2)C1. The van der Waals surface area contributed by atoms with Gasteiger partial charge in [0.25, 0.3) is 0 Å². The van der Waals surface area contributed by atoms with Crippen LogP contribution in [0.5, 0.6) is 0 Å². The number of rotatable bonds is 2. The van der Waals surface area contributed by atoms with Crippen molar-refractivity contribution in [2.75, 3.05) is 13.1 Å². The number of urea groups is 1. The molecule has 5 nitrogen and oxygen atoms in total. The average molecular weight is 282 g/mol. The van der Waals surface area contributed by atoms with Crippen molar-refractivity contribution in [1.29, 1.82) is 0 Å². The standard InChI is InChI=1S/C15H26N2O3/c1-10-6-11(2)8-13(7-10)16-15(20)17-5-3-4-12(9-17)14(18)19/h10-13H,3-9H2,1-2H3,(H,16,20)(H,18,19)/t10?,11?,12-,13?/m0/s1. The van der Waals surface area contributed by atoms with E-state index in [4.69, 9.17) is 5.11 Å². The Bertz CT molecular complexity index is 362. The van der Waals surface area contributed by atoms with Gasteiger partial charge in [0.2, 0.25) is 0 Å². The lowest BCUT2D eigenvalue weighted by Crippen LogP contribution is -2.51. The second-order valence-corrected chi connectivity index (χ2v) is 6.69. The Morgan fingerprint density at radius 3 is 2.40 bits per heavy atom. The number of amides is 2. The molecular weight excluding hydrogens is 256 g/mol. The number of hydrogen-bond acceptors (Lipinski definition) is 2. The minimum Gasteiger partial charge on any atom is -0.481 e. The maximum atomic E-state index is 12.3. The van der Waals surface area contributed by atoms with E-state index in [0.29, 0.717) is 31.3 Å². The molecule has 114 valence electrons. The smallest absolute Gasteiger partial charge is 0.317 e. The molecule has 1 saturated carbocycles. The molecule has 2 rings (SSSR count). The molecule has 1 aliphatic heterocycles. The molecule has 2 amide bonds. The highest BCUT2D eigenvalue weighted by Gasteiger charge is 2.30. The molecule has 5 heteroatoms. The van der Waals surface area contributed by atoms with E-state index in [1.54, 1.807) is 4.90 Å². The Morgan fingerprint density at radius 2 is 1.80 bits per heavy atom. The number of piperidine rings is 1. The Balaban J connectivity index is 1.86. The first-order chi connectivity index (χ1) is 9.45. The van der Waals surface area contributed by atoms with Gasteiger partial charge in [-0.1, -0.05) is 13.8 Å². The molecule has 3 atom stereocenters. The highest BCUT2D eigenvalue weighted by atomic mass is 16.4. The molecule has 2 N–H and O–H groups in total. The summed E-state index contributed by atoms with van der Waals surface area (Å²) < 4.78 is 0. The summed E-state index contributed by atoms with van der Waals surface area (Å²) >= 11 is 0. The predicted molar refractivity (Wildman–Crippen MR) is 76.4 cm³/mol. The summed E-state index contributed by atoms with van der Waals surface area (Å²) in [5.41, 5.74) is 0. The third-order valence-corrected chi connectivity index (χ3v) is 4.56. The number of carbonyl (C=O) groups is 2. The fraction of sp³-hybridized carbons (Fsp3) is 0.867. The van der Waals surface area contributed by atoms with Crippen molar-refractivity contribution in [3.8, 4) is 0 Å². The van der Waals surface area contributed by atoms with Gasteiger partial charge in [-0.2, -0.15) is 0 Å². The Hall–Kier alpha value is -1.26. The molecule has 0 spiro atoms. The molecule has 1 heterocycles. The first-order valence-electron chi connectivity index (χ1n) is 7.74. The van der Waals surface area contributed by atoms with Crippen LogP contribution in [0.2, 0.25) is 0 Å². The second kappa shape index (κ2) is 6.46. The summed E-state index contributed by atoms with van der Waals surface area (Å²) in [5, 5.41) is 12.2. The van der Waals surface area contributed by atoms with Gasteiger partial charge in [-0.15, -0.1) is 0 Å². The minimum absolute atomic E-state index is 0.0812. The average Bonchev–Trinajstić information content (AvgIpc) is 2.37. The van der Waals surface area contributed by atoms with E-state index in [-0.39, 0.29) is 12.1 Å². The Kier molecular flexibility index (Phi) is 4.89. The fourth-order valence-corrected chi connectivity index (χ4v) is 3.69. The van der Waals surface area contributed by atoms with E-state index in [2.05, 4.69) is 19.2 Å². The number of nitrogens with zero attached hydrogens (tertiary/aromatic N) is 1. The van der Waals surface area contributed by atoms with Crippen LogP contribution in [-0.2, 0) is 4.79 Å². The number of aliphatic carboxylic acids is 1. The number of carboxylic acids is 1. The topological polar surface area (TPSA) is 69.6 Å². The third kappa shape index (κ3) is 3.87. The zero-order valence-corrected chi connectivity index (χ0v) is 12.5. The lowest BCUT2D eigenvalue weighted by Gasteiger charge is -2.35. The Labute approximate surface area is 120 Å². The van der Waals surface area contributed by atoms with Crippen molar-refractivity contribution in [1.82, 2.24) is 10.2 Å². The van der Waals surface area contributed by atoms with Crippen molar-refractivity contribution < 1.29 is 14.7 Å². The van der Waals surface area contributed by atoms with E-state index in [0.717, 1.165) is 19.3 Å². The third-order valence-electron chi connectivity index (χ3n) is 4.56. The van der Waals surface area contributed by atoms with Gasteiger partial charge in [-0.05, 0) is 43.9 Å². The molecule has 2 unspecified atom stereocenters. The van der Waals surface area contributed by atoms with Gasteiger partial charge in [0.05, 0.1) is 5.92 Å². The van der Waals surface area contributed by atoms with Crippen LogP contribution in [0.25, 0.3) is 0 Å². The van der Waals surface area contributed by atoms with E-state index in [9.17, 15) is 9.59 Å². The molecule has 0 radical (unpaired) electrons. The van der Waals surface area contributed by atoms with Crippen LogP contribution in [0.1, 0.15) is 46.0 Å². The molecule has 1 saturated heterocycles. The van der Waals surface area contributed by atoms with Crippen LogP contribution < -0.4 is 5.32 Å². The van der Waals surface area contributed by atoms with E-state index in [1.807, 2.05) is 0 Å². The fourth-order valence-electron chi connectivity index (χ4n) is 3.69. The monoisotopic (exact) mass is 282 g/mol. The van der Waals surface area contributed by atoms with Gasteiger partial charge >= 0.3 is 12.0 Å². The van der Waals surface area contributed by atoms with E-state index >= 15 is 0 Å². The van der Waals surface area contributed by atoms with Gasteiger partial charge in [0.15, 0.2) is 0 Å². The van der Waals surface area contributed by atoms with Crippen molar-refractivity contribution in [3.63, 3.8) is 0 Å². The number of nitrogens with one attached hydrogen (secondary N) is 1. The van der Waals surface area contributed by atoms with Gasteiger partial charge in [0.1, 0.15) is 0 Å². The van der Waals surface area contributed by atoms with Crippen molar-refractivity contribution in [2.45, 2.75) is 52.0 Å². The summed E-state index contributed by atoms with van der Waals surface area (Å²) in [6.45, 7) is 5.48. The number of hydrogen-bond donors (Lipinski definition) is 2. The summed E-state index contributed by atoms with van der Waals surface area (Å²) in [5.74, 6) is 0.107. The van der Waals surface area contributed by atoms with Crippen LogP contribution in [0.3, 0.4) is 0 Å². The summed E-state index contributed by atoms with van der Waals surface area (Å²) in [6.07, 6.45) is 4.76. The van der Waals surface area contributed by atoms with Crippen molar-refractivity contribution in [3.05, 3.63) is 0 Å². The van der Waals surface area contributed by atoms with Gasteiger partial charge in [-0.25, -0.2) is 4.79 Å². The lowest BCUT2D eigenvalue weighted by atomic mass is 9.80. The molecule has 2 fully saturated rings. The zero-order valence-electron chi connectivity index (χ0n) is 12.5. The molecule has 1 aliphatic carbocycles. The van der Waals surface area contributed by atoms with Crippen LogP contribution in [0.4, 0.5) is 4.79 Å². The molecule has 20 heavy (non-hydrogen) atoms. The predicted octanol–water partition coefficient (Wildman–Crippen LogP) is 2.32. The van der Waals surface area contributed by atoms with E-state index in [1.165, 1.54) is 6.42 Å². The first-order valence-corrected chi connectivity index (χ1v) is 7.74. The second-order valence-electron chi connectivity index (χ2n) is 6.69. The van der Waals surface area contributed by atoms with Gasteiger partial charge < -0.3 is 15.3 Å². The molecule has 0 aromatic carbocycles.